The predicted octanol–water partition coefficient (Wildman–Crippen LogP) is 3.89. The van der Waals surface area contributed by atoms with Crippen LogP contribution in [0.2, 0.25) is 0 Å². The summed E-state index contributed by atoms with van der Waals surface area (Å²) in [6.45, 7) is 3.83. The van der Waals surface area contributed by atoms with Crippen LogP contribution in [-0.2, 0) is 11.3 Å². The standard InChI is InChI=1S/C19H18BrN3O3/c1-12-4-3-5-14(10-12)18-22-17(26-23-18)11-21-19(24)13(2)25-16-8-6-15(20)7-9-16/h3-10,13H,11H2,1-2H3,(H,21,24). The molecule has 1 amide bonds. The molecule has 1 aromatic heterocycles. The van der Waals surface area contributed by atoms with Crippen LogP contribution >= 0.6 is 15.9 Å². The van der Waals surface area contributed by atoms with E-state index in [0.717, 1.165) is 15.6 Å². The number of hydrogen-bond acceptors (Lipinski definition) is 5. The molecule has 7 heteroatoms. The normalized spacial score (nSPS) is 11.8. The lowest BCUT2D eigenvalue weighted by molar-refractivity contribution is -0.127. The average Bonchev–Trinajstić information content (AvgIpc) is 3.10. The van der Waals surface area contributed by atoms with Crippen molar-refractivity contribution in [1.29, 1.82) is 0 Å². The Morgan fingerprint density at radius 3 is 2.77 bits per heavy atom. The Kier molecular flexibility index (Phi) is 5.68. The maximum Gasteiger partial charge on any atom is 0.261 e. The van der Waals surface area contributed by atoms with Gasteiger partial charge in [0, 0.05) is 10.0 Å². The highest BCUT2D eigenvalue weighted by atomic mass is 79.9. The monoisotopic (exact) mass is 415 g/mol. The smallest absolute Gasteiger partial charge is 0.261 e. The van der Waals surface area contributed by atoms with E-state index in [-0.39, 0.29) is 12.5 Å². The summed E-state index contributed by atoms with van der Waals surface area (Å²) in [6.07, 6.45) is -0.643. The fraction of sp³-hybridized carbons (Fsp3) is 0.211. The first-order valence-electron chi connectivity index (χ1n) is 8.11. The van der Waals surface area contributed by atoms with Crippen molar-refractivity contribution in [1.82, 2.24) is 15.5 Å². The van der Waals surface area contributed by atoms with Gasteiger partial charge in [0.25, 0.3) is 5.91 Å². The van der Waals surface area contributed by atoms with E-state index in [2.05, 4.69) is 31.4 Å². The molecule has 0 saturated heterocycles. The SMILES string of the molecule is Cc1cccc(-c2noc(CNC(=O)C(C)Oc3ccc(Br)cc3)n2)c1. The van der Waals surface area contributed by atoms with E-state index in [9.17, 15) is 4.79 Å². The van der Waals surface area contributed by atoms with E-state index < -0.39 is 6.10 Å². The minimum atomic E-state index is -0.643. The van der Waals surface area contributed by atoms with E-state index in [1.54, 1.807) is 19.1 Å². The predicted molar refractivity (Wildman–Crippen MR) is 101 cm³/mol. The highest BCUT2D eigenvalue weighted by molar-refractivity contribution is 9.10. The highest BCUT2D eigenvalue weighted by Gasteiger charge is 2.16. The Balaban J connectivity index is 1.55. The Morgan fingerprint density at radius 2 is 2.04 bits per heavy atom. The molecule has 0 bridgehead atoms. The van der Waals surface area contributed by atoms with Gasteiger partial charge in [0.05, 0.1) is 6.54 Å². The summed E-state index contributed by atoms with van der Waals surface area (Å²) in [4.78, 5) is 16.5. The van der Waals surface area contributed by atoms with Crippen molar-refractivity contribution in [3.63, 3.8) is 0 Å². The van der Waals surface area contributed by atoms with E-state index in [0.29, 0.717) is 17.5 Å². The van der Waals surface area contributed by atoms with Gasteiger partial charge in [-0.15, -0.1) is 0 Å². The first kappa shape index (κ1) is 18.1. The molecule has 1 atom stereocenters. The molecule has 0 aliphatic heterocycles. The molecule has 1 N–H and O–H groups in total. The number of carbonyl (C=O) groups is 1. The molecule has 0 radical (unpaired) electrons. The largest absolute Gasteiger partial charge is 0.481 e. The highest BCUT2D eigenvalue weighted by Crippen LogP contribution is 2.18. The van der Waals surface area contributed by atoms with Crippen LogP contribution in [0, 0.1) is 6.92 Å². The second-order valence-corrected chi connectivity index (χ2v) is 6.73. The minimum Gasteiger partial charge on any atom is -0.481 e. The van der Waals surface area contributed by atoms with Crippen molar-refractivity contribution in [3.05, 3.63) is 64.5 Å². The first-order valence-corrected chi connectivity index (χ1v) is 8.90. The molecule has 0 spiro atoms. The molecule has 0 aliphatic rings. The van der Waals surface area contributed by atoms with Crippen molar-refractivity contribution in [2.45, 2.75) is 26.5 Å². The molecule has 2 aromatic carbocycles. The van der Waals surface area contributed by atoms with Gasteiger partial charge < -0.3 is 14.6 Å². The third-order valence-electron chi connectivity index (χ3n) is 3.65. The topological polar surface area (TPSA) is 77.2 Å². The van der Waals surface area contributed by atoms with Gasteiger partial charge in [-0.05, 0) is 44.2 Å². The fourth-order valence-electron chi connectivity index (χ4n) is 2.31. The zero-order chi connectivity index (χ0) is 18.5. The zero-order valence-corrected chi connectivity index (χ0v) is 16.0. The number of amides is 1. The van der Waals surface area contributed by atoms with Crippen molar-refractivity contribution < 1.29 is 14.1 Å². The number of rotatable bonds is 6. The molecule has 1 unspecified atom stereocenters. The van der Waals surface area contributed by atoms with Crippen molar-refractivity contribution in [2.24, 2.45) is 0 Å². The lowest BCUT2D eigenvalue weighted by atomic mass is 10.1. The lowest BCUT2D eigenvalue weighted by Crippen LogP contribution is -2.35. The Labute approximate surface area is 159 Å². The molecule has 26 heavy (non-hydrogen) atoms. The Bertz CT molecular complexity index is 893. The molecule has 0 aliphatic carbocycles. The summed E-state index contributed by atoms with van der Waals surface area (Å²) >= 11 is 3.36. The van der Waals surface area contributed by atoms with Gasteiger partial charge in [-0.3, -0.25) is 4.79 Å². The van der Waals surface area contributed by atoms with Gasteiger partial charge >= 0.3 is 0 Å². The summed E-state index contributed by atoms with van der Waals surface area (Å²) in [5, 5.41) is 6.69. The maximum atomic E-state index is 12.2. The second-order valence-electron chi connectivity index (χ2n) is 5.81. The van der Waals surface area contributed by atoms with Crippen LogP contribution in [0.1, 0.15) is 18.4 Å². The maximum absolute atomic E-state index is 12.2. The summed E-state index contributed by atoms with van der Waals surface area (Å²) in [6, 6.07) is 15.1. The quantitative estimate of drug-likeness (QED) is 0.660. The number of aromatic nitrogens is 2. The molecule has 134 valence electrons. The number of benzene rings is 2. The van der Waals surface area contributed by atoms with Crippen LogP contribution in [0.5, 0.6) is 5.75 Å². The Hall–Kier alpha value is -2.67. The van der Waals surface area contributed by atoms with Crippen LogP contribution in [0.4, 0.5) is 0 Å². The first-order chi connectivity index (χ1) is 12.5. The van der Waals surface area contributed by atoms with Crippen LogP contribution < -0.4 is 10.1 Å². The molecule has 0 fully saturated rings. The number of hydrogen-bond donors (Lipinski definition) is 1. The van der Waals surface area contributed by atoms with Gasteiger partial charge in [-0.1, -0.05) is 44.8 Å². The molecule has 3 aromatic rings. The van der Waals surface area contributed by atoms with Crippen molar-refractivity contribution in [3.8, 4) is 17.1 Å². The average molecular weight is 416 g/mol. The molecule has 3 rings (SSSR count). The van der Waals surface area contributed by atoms with Crippen LogP contribution in [0.3, 0.4) is 0 Å². The summed E-state index contributed by atoms with van der Waals surface area (Å²) in [5.41, 5.74) is 1.99. The molecule has 0 saturated carbocycles. The van der Waals surface area contributed by atoms with Crippen LogP contribution in [0.25, 0.3) is 11.4 Å². The molecular formula is C19H18BrN3O3. The third-order valence-corrected chi connectivity index (χ3v) is 4.18. The minimum absolute atomic E-state index is 0.145. The van der Waals surface area contributed by atoms with Gasteiger partial charge in [0.1, 0.15) is 5.75 Å². The van der Waals surface area contributed by atoms with Gasteiger partial charge in [-0.25, -0.2) is 0 Å². The number of aryl methyl sites for hydroxylation is 1. The summed E-state index contributed by atoms with van der Waals surface area (Å²) in [7, 11) is 0. The lowest BCUT2D eigenvalue weighted by Gasteiger charge is -2.13. The van der Waals surface area contributed by atoms with Gasteiger partial charge in [0.15, 0.2) is 6.10 Å². The third kappa shape index (κ3) is 4.70. The number of nitrogens with zero attached hydrogens (tertiary/aromatic N) is 2. The number of carbonyl (C=O) groups excluding carboxylic acids is 1. The van der Waals surface area contributed by atoms with Crippen LogP contribution in [0.15, 0.2) is 57.5 Å². The molecular weight excluding hydrogens is 398 g/mol. The number of halogens is 1. The van der Waals surface area contributed by atoms with E-state index in [4.69, 9.17) is 9.26 Å². The van der Waals surface area contributed by atoms with E-state index >= 15 is 0 Å². The van der Waals surface area contributed by atoms with Gasteiger partial charge in [0.2, 0.25) is 11.7 Å². The fourth-order valence-corrected chi connectivity index (χ4v) is 2.57. The second kappa shape index (κ2) is 8.14. The van der Waals surface area contributed by atoms with Crippen LogP contribution in [-0.4, -0.2) is 22.2 Å². The molecule has 1 heterocycles. The number of nitrogens with one attached hydrogen (secondary N) is 1. The summed E-state index contributed by atoms with van der Waals surface area (Å²) < 4.78 is 11.8. The molecule has 6 nitrogen and oxygen atoms in total. The van der Waals surface area contributed by atoms with Crippen molar-refractivity contribution >= 4 is 21.8 Å². The van der Waals surface area contributed by atoms with Gasteiger partial charge in [-0.2, -0.15) is 4.98 Å². The Morgan fingerprint density at radius 1 is 1.27 bits per heavy atom. The van der Waals surface area contributed by atoms with E-state index in [1.807, 2.05) is 43.3 Å². The zero-order valence-electron chi connectivity index (χ0n) is 14.4. The summed E-state index contributed by atoms with van der Waals surface area (Å²) in [5.74, 6) is 1.20. The van der Waals surface area contributed by atoms with E-state index in [1.165, 1.54) is 0 Å². The van der Waals surface area contributed by atoms with Crippen molar-refractivity contribution in [2.75, 3.05) is 0 Å². The number of ether oxygens (including phenoxy) is 1.